The lowest BCUT2D eigenvalue weighted by Crippen LogP contribution is -2.51. The molecule has 0 amide bonds. The normalized spacial score (nSPS) is 23.5. The molecule has 0 unspecified atom stereocenters. The van der Waals surface area contributed by atoms with Crippen LogP contribution >= 0.6 is 0 Å². The number of nitrogen functional groups attached to an aromatic ring is 1. The number of hydrogen-bond acceptors (Lipinski definition) is 9. The fourth-order valence-electron chi connectivity index (χ4n) is 3.73. The molecule has 2 saturated heterocycles. The Morgan fingerprint density at radius 1 is 1.29 bits per heavy atom. The molecule has 0 aliphatic carbocycles. The lowest BCUT2D eigenvalue weighted by Gasteiger charge is -2.39. The second kappa shape index (κ2) is 8.58. The van der Waals surface area contributed by atoms with Gasteiger partial charge in [0.2, 0.25) is 0 Å². The van der Waals surface area contributed by atoms with E-state index in [1.165, 1.54) is 0 Å². The molecule has 0 bridgehead atoms. The Balaban J connectivity index is 1.84. The number of anilines is 2. The second-order valence-corrected chi connectivity index (χ2v) is 7.43. The van der Waals surface area contributed by atoms with Crippen molar-refractivity contribution in [1.82, 2.24) is 19.8 Å². The van der Waals surface area contributed by atoms with Gasteiger partial charge in [-0.25, -0.2) is 4.79 Å². The number of ether oxygens (including phenoxy) is 1. The first-order valence-electron chi connectivity index (χ1n) is 9.46. The van der Waals surface area contributed by atoms with Crippen molar-refractivity contribution in [3.8, 4) is 12.1 Å². The number of aromatic nitrogens is 2. The average Bonchev–Trinajstić information content (AvgIpc) is 3.07. The quantitative estimate of drug-likeness (QED) is 0.698. The summed E-state index contributed by atoms with van der Waals surface area (Å²) in [4.78, 5) is 26.3. The molecule has 2 fully saturated rings. The van der Waals surface area contributed by atoms with E-state index in [1.54, 1.807) is 0 Å². The molecule has 28 heavy (non-hydrogen) atoms. The van der Waals surface area contributed by atoms with Gasteiger partial charge in [0.1, 0.15) is 12.3 Å². The van der Waals surface area contributed by atoms with Crippen LogP contribution in [0.25, 0.3) is 0 Å². The maximum absolute atomic E-state index is 11.6. The van der Waals surface area contributed by atoms with E-state index < -0.39 is 5.97 Å². The van der Waals surface area contributed by atoms with Gasteiger partial charge < -0.3 is 25.4 Å². The fourth-order valence-corrected chi connectivity index (χ4v) is 3.73. The fraction of sp³-hybridized carbons (Fsp3) is 0.667. The van der Waals surface area contributed by atoms with Crippen molar-refractivity contribution < 1.29 is 14.6 Å². The highest BCUT2D eigenvalue weighted by atomic mass is 16.5. The largest absolute Gasteiger partial charge is 0.476 e. The first-order chi connectivity index (χ1) is 13.4. The molecule has 152 valence electrons. The SMILES string of the molecule is CN1CCC[C@H]1COc1nc(C(=O)O)c(N)c(N2CCN(C)[C@@H](CC#N)C2)n1. The van der Waals surface area contributed by atoms with Crippen molar-refractivity contribution in [3.05, 3.63) is 5.69 Å². The lowest BCUT2D eigenvalue weighted by atomic mass is 10.1. The molecular formula is C18H27N7O3. The van der Waals surface area contributed by atoms with Crippen molar-refractivity contribution in [2.45, 2.75) is 31.3 Å². The van der Waals surface area contributed by atoms with Crippen molar-refractivity contribution in [3.63, 3.8) is 0 Å². The third-order valence-electron chi connectivity index (χ3n) is 5.59. The number of piperazine rings is 1. The van der Waals surface area contributed by atoms with Gasteiger partial charge in [-0.15, -0.1) is 0 Å². The van der Waals surface area contributed by atoms with Crippen LogP contribution in [0.5, 0.6) is 6.01 Å². The number of likely N-dealkylation sites (N-methyl/N-ethyl adjacent to an activating group) is 2. The summed E-state index contributed by atoms with van der Waals surface area (Å²) < 4.78 is 5.76. The third-order valence-corrected chi connectivity index (χ3v) is 5.59. The monoisotopic (exact) mass is 389 g/mol. The average molecular weight is 389 g/mol. The zero-order valence-corrected chi connectivity index (χ0v) is 16.3. The van der Waals surface area contributed by atoms with Crippen molar-refractivity contribution >= 4 is 17.5 Å². The summed E-state index contributed by atoms with van der Waals surface area (Å²) >= 11 is 0. The van der Waals surface area contributed by atoms with Crippen LogP contribution in [0.3, 0.4) is 0 Å². The van der Waals surface area contributed by atoms with Crippen molar-refractivity contribution in [2.24, 2.45) is 0 Å². The molecular weight excluding hydrogens is 362 g/mol. The molecule has 3 heterocycles. The first kappa shape index (κ1) is 20.1. The summed E-state index contributed by atoms with van der Waals surface area (Å²) in [5.74, 6) is -0.857. The minimum Gasteiger partial charge on any atom is -0.476 e. The number of carbonyl (C=O) groups is 1. The van der Waals surface area contributed by atoms with Crippen LogP contribution in [0.2, 0.25) is 0 Å². The van der Waals surface area contributed by atoms with Gasteiger partial charge in [-0.3, -0.25) is 4.90 Å². The van der Waals surface area contributed by atoms with Crippen molar-refractivity contribution in [1.29, 1.82) is 5.26 Å². The van der Waals surface area contributed by atoms with E-state index in [1.807, 2.05) is 19.0 Å². The molecule has 0 saturated carbocycles. The predicted octanol–water partition coefficient (Wildman–Crippen LogP) is 0.264. The zero-order chi connectivity index (χ0) is 20.3. The van der Waals surface area contributed by atoms with E-state index in [-0.39, 0.29) is 29.5 Å². The highest BCUT2D eigenvalue weighted by Gasteiger charge is 2.29. The van der Waals surface area contributed by atoms with Crippen LogP contribution in [0.4, 0.5) is 11.5 Å². The number of nitrogens with two attached hydrogens (primary N) is 1. The summed E-state index contributed by atoms with van der Waals surface area (Å²) in [6.45, 7) is 3.31. The number of nitriles is 1. The predicted molar refractivity (Wildman–Crippen MR) is 103 cm³/mol. The number of rotatable bonds is 6. The van der Waals surface area contributed by atoms with E-state index in [9.17, 15) is 9.90 Å². The van der Waals surface area contributed by atoms with Crippen LogP contribution in [0.1, 0.15) is 29.8 Å². The van der Waals surface area contributed by atoms with Crippen LogP contribution in [0.15, 0.2) is 0 Å². The molecule has 0 radical (unpaired) electrons. The third kappa shape index (κ3) is 4.26. The molecule has 2 atom stereocenters. The van der Waals surface area contributed by atoms with Gasteiger partial charge >= 0.3 is 12.0 Å². The highest BCUT2D eigenvalue weighted by Crippen LogP contribution is 2.28. The highest BCUT2D eigenvalue weighted by molar-refractivity contribution is 5.94. The molecule has 2 aliphatic rings. The van der Waals surface area contributed by atoms with Crippen LogP contribution in [0, 0.1) is 11.3 Å². The number of carboxylic acids is 1. The molecule has 10 heteroatoms. The summed E-state index contributed by atoms with van der Waals surface area (Å²) in [7, 11) is 4.01. The van der Waals surface area contributed by atoms with Gasteiger partial charge in [-0.2, -0.15) is 15.2 Å². The first-order valence-corrected chi connectivity index (χ1v) is 9.46. The van der Waals surface area contributed by atoms with Gasteiger partial charge in [-0.05, 0) is 33.5 Å². The summed E-state index contributed by atoms with van der Waals surface area (Å²) in [5.41, 5.74) is 5.86. The van der Waals surface area contributed by atoms with E-state index in [2.05, 4.69) is 25.8 Å². The Morgan fingerprint density at radius 3 is 2.68 bits per heavy atom. The van der Waals surface area contributed by atoms with Crippen LogP contribution in [-0.4, -0.2) is 89.8 Å². The molecule has 3 N–H and O–H groups in total. The molecule has 10 nitrogen and oxygen atoms in total. The van der Waals surface area contributed by atoms with Crippen LogP contribution in [-0.2, 0) is 0 Å². The zero-order valence-electron chi connectivity index (χ0n) is 16.3. The van der Waals surface area contributed by atoms with E-state index in [0.717, 1.165) is 25.9 Å². The standard InChI is InChI=1S/C18H27N7O3/c1-23-7-3-4-13(23)11-28-18-21-15(17(26)27)14(20)16(22-18)25-9-8-24(2)12(10-25)5-6-19/h12-13H,3-5,7-11,20H2,1-2H3,(H,26,27)/t12-,13-/m0/s1. The van der Waals surface area contributed by atoms with Crippen LogP contribution < -0.4 is 15.4 Å². The molecule has 3 rings (SSSR count). The Bertz CT molecular complexity index is 766. The smallest absolute Gasteiger partial charge is 0.357 e. The summed E-state index contributed by atoms with van der Waals surface area (Å²) in [6, 6.07) is 2.51. The molecule has 1 aromatic heterocycles. The molecule has 0 spiro atoms. The minimum absolute atomic E-state index is 0.0256. The summed E-state index contributed by atoms with van der Waals surface area (Å²) in [6.07, 6.45) is 2.51. The Labute approximate surface area is 164 Å². The minimum atomic E-state index is -1.22. The second-order valence-electron chi connectivity index (χ2n) is 7.43. The van der Waals surface area contributed by atoms with Crippen molar-refractivity contribution in [2.75, 3.05) is 57.5 Å². The number of likely N-dealkylation sites (tertiary alicyclic amines) is 1. The van der Waals surface area contributed by atoms with Gasteiger partial charge in [0, 0.05) is 31.7 Å². The maximum atomic E-state index is 11.6. The van der Waals surface area contributed by atoms with Gasteiger partial charge in [-0.1, -0.05) is 0 Å². The number of nitrogens with zero attached hydrogens (tertiary/aromatic N) is 6. The summed E-state index contributed by atoms with van der Waals surface area (Å²) in [5, 5.41) is 18.6. The number of aromatic carboxylic acids is 1. The van der Waals surface area contributed by atoms with E-state index >= 15 is 0 Å². The number of carboxylic acid groups (broad SMARTS) is 1. The lowest BCUT2D eigenvalue weighted by molar-refractivity contribution is 0.0689. The van der Waals surface area contributed by atoms with Gasteiger partial charge in [0.05, 0.1) is 12.5 Å². The Hall–Kier alpha value is -2.64. The van der Waals surface area contributed by atoms with Gasteiger partial charge in [0.25, 0.3) is 0 Å². The van der Waals surface area contributed by atoms with E-state index in [0.29, 0.717) is 31.9 Å². The Kier molecular flexibility index (Phi) is 6.16. The van der Waals surface area contributed by atoms with E-state index in [4.69, 9.17) is 15.7 Å². The Morgan fingerprint density at radius 2 is 2.04 bits per heavy atom. The molecule has 2 aliphatic heterocycles. The van der Waals surface area contributed by atoms with Gasteiger partial charge in [0.15, 0.2) is 11.5 Å². The number of hydrogen-bond donors (Lipinski definition) is 2. The molecule has 0 aromatic carbocycles. The molecule has 1 aromatic rings. The maximum Gasteiger partial charge on any atom is 0.357 e. The topological polar surface area (TPSA) is 132 Å².